The number of ketones is 1. The Bertz CT molecular complexity index is 1290. The Morgan fingerprint density at radius 1 is 0.941 bits per heavy atom. The topological polar surface area (TPSA) is 67.4 Å². The number of fused-ring (bicyclic) bond motifs is 1. The number of halogens is 1. The quantitative estimate of drug-likeness (QED) is 0.325. The van der Waals surface area contributed by atoms with Crippen molar-refractivity contribution < 1.29 is 14.3 Å². The van der Waals surface area contributed by atoms with Gasteiger partial charge in [-0.2, -0.15) is 0 Å². The molecule has 0 saturated carbocycles. The van der Waals surface area contributed by atoms with E-state index in [0.29, 0.717) is 22.8 Å². The second kappa shape index (κ2) is 8.65. The maximum absolute atomic E-state index is 13.3. The molecule has 0 spiro atoms. The molecule has 1 atom stereocenters. The number of hydrogen-bond acceptors (Lipinski definition) is 5. The summed E-state index contributed by atoms with van der Waals surface area (Å²) in [4.78, 5) is 25.8. The minimum absolute atomic E-state index is 0.105. The van der Waals surface area contributed by atoms with Gasteiger partial charge in [0.1, 0.15) is 5.75 Å². The molecule has 0 saturated heterocycles. The first kappa shape index (κ1) is 22.2. The highest BCUT2D eigenvalue weighted by Gasteiger charge is 2.38. The number of carbonyl (C=O) groups excluding carboxylic acids is 2. The molecule has 0 fully saturated rings. The number of anilines is 2. The molecule has 3 aromatic rings. The van der Waals surface area contributed by atoms with Crippen LogP contribution in [0.25, 0.3) is 0 Å². The van der Waals surface area contributed by atoms with Crippen LogP contribution in [0.5, 0.6) is 5.75 Å². The van der Waals surface area contributed by atoms with Gasteiger partial charge in [-0.3, -0.25) is 4.79 Å². The number of hydrogen-bond donors (Lipinski definition) is 2. The average Bonchev–Trinajstić information content (AvgIpc) is 2.95. The van der Waals surface area contributed by atoms with E-state index in [1.165, 1.54) is 0 Å². The van der Waals surface area contributed by atoms with Crippen LogP contribution in [0.15, 0.2) is 84.1 Å². The Labute approximate surface area is 203 Å². The summed E-state index contributed by atoms with van der Waals surface area (Å²) in [6.07, 6.45) is 1.29. The number of para-hydroxylation sites is 2. The van der Waals surface area contributed by atoms with Gasteiger partial charge in [0.25, 0.3) is 0 Å². The van der Waals surface area contributed by atoms with Crippen molar-refractivity contribution in [1.29, 1.82) is 0 Å². The molecular weight excluding hydrogens is 448 g/mol. The van der Waals surface area contributed by atoms with Gasteiger partial charge < -0.3 is 15.4 Å². The first-order chi connectivity index (χ1) is 16.3. The molecule has 5 rings (SSSR count). The van der Waals surface area contributed by atoms with Crippen molar-refractivity contribution in [1.82, 2.24) is 0 Å². The summed E-state index contributed by atoms with van der Waals surface area (Å²) in [5.74, 6) is 0.119. The zero-order valence-corrected chi connectivity index (χ0v) is 19.8. The predicted octanol–water partition coefficient (Wildman–Crippen LogP) is 6.78. The van der Waals surface area contributed by atoms with Crippen molar-refractivity contribution >= 4 is 34.7 Å². The Hall–Kier alpha value is -3.57. The number of rotatable bonds is 3. The highest BCUT2D eigenvalue weighted by molar-refractivity contribution is 6.30. The number of ether oxygens (including phenoxy) is 1. The van der Waals surface area contributed by atoms with Crippen molar-refractivity contribution in [3.05, 3.63) is 100 Å². The van der Waals surface area contributed by atoms with Gasteiger partial charge in [0.15, 0.2) is 5.78 Å². The van der Waals surface area contributed by atoms with Crippen molar-refractivity contribution in [3.8, 4) is 5.75 Å². The minimum Gasteiger partial charge on any atom is -0.423 e. The zero-order chi connectivity index (χ0) is 23.9. The molecule has 0 bridgehead atoms. The fourth-order valence-corrected chi connectivity index (χ4v) is 4.75. The van der Waals surface area contributed by atoms with Crippen molar-refractivity contribution in [2.75, 3.05) is 10.6 Å². The molecular formula is C28H25ClN2O3. The molecule has 172 valence electrons. The molecule has 2 aliphatic rings. The van der Waals surface area contributed by atoms with Gasteiger partial charge in [0.2, 0.25) is 0 Å². The third-order valence-corrected chi connectivity index (χ3v) is 6.48. The van der Waals surface area contributed by atoms with Gasteiger partial charge in [-0.15, -0.1) is 0 Å². The van der Waals surface area contributed by atoms with E-state index in [1.54, 1.807) is 36.4 Å². The Balaban J connectivity index is 1.46. The number of allylic oxidation sites excluding steroid dienone is 1. The number of nitrogens with one attached hydrogen (secondary N) is 2. The fraction of sp³-hybridized carbons (Fsp3) is 0.214. The maximum atomic E-state index is 13.3. The lowest BCUT2D eigenvalue weighted by Gasteiger charge is -2.34. The highest BCUT2D eigenvalue weighted by atomic mass is 35.5. The molecule has 0 unspecified atom stereocenters. The van der Waals surface area contributed by atoms with Gasteiger partial charge in [-0.05, 0) is 65.9 Å². The van der Waals surface area contributed by atoms with E-state index in [2.05, 4.69) is 24.5 Å². The molecule has 0 radical (unpaired) electrons. The van der Waals surface area contributed by atoms with Crippen LogP contribution >= 0.6 is 11.6 Å². The summed E-state index contributed by atoms with van der Waals surface area (Å²) in [7, 11) is 0. The monoisotopic (exact) mass is 472 g/mol. The van der Waals surface area contributed by atoms with Gasteiger partial charge in [0, 0.05) is 22.7 Å². The van der Waals surface area contributed by atoms with Crippen molar-refractivity contribution in [2.45, 2.75) is 32.7 Å². The molecule has 3 aromatic carbocycles. The molecule has 0 amide bonds. The van der Waals surface area contributed by atoms with Crippen molar-refractivity contribution in [2.24, 2.45) is 5.41 Å². The van der Waals surface area contributed by atoms with Crippen LogP contribution in [0.3, 0.4) is 0 Å². The van der Waals surface area contributed by atoms with Crippen LogP contribution in [-0.2, 0) is 4.79 Å². The molecule has 5 nitrogen and oxygen atoms in total. The Kier molecular flexibility index (Phi) is 5.66. The van der Waals surface area contributed by atoms with E-state index in [9.17, 15) is 9.59 Å². The smallest absolute Gasteiger partial charge is 0.343 e. The van der Waals surface area contributed by atoms with Gasteiger partial charge >= 0.3 is 5.97 Å². The number of carbonyl (C=O) groups is 2. The van der Waals surface area contributed by atoms with E-state index in [4.69, 9.17) is 16.3 Å². The van der Waals surface area contributed by atoms with Crippen LogP contribution < -0.4 is 15.4 Å². The molecule has 2 N–H and O–H groups in total. The van der Waals surface area contributed by atoms with Crippen LogP contribution in [0, 0.1) is 5.41 Å². The first-order valence-corrected chi connectivity index (χ1v) is 11.6. The second-order valence-electron chi connectivity index (χ2n) is 9.55. The lowest BCUT2D eigenvalue weighted by atomic mass is 9.73. The molecule has 34 heavy (non-hydrogen) atoms. The Morgan fingerprint density at radius 3 is 2.32 bits per heavy atom. The summed E-state index contributed by atoms with van der Waals surface area (Å²) in [6.45, 7) is 4.25. The SMILES string of the molecule is CC1(C)CC(=O)C2=C(C1)Nc1ccccc1N[C@H]2c1ccc(OC(=O)c2ccc(Cl)cc2)cc1. The minimum atomic E-state index is -0.454. The van der Waals surface area contributed by atoms with Gasteiger partial charge in [-0.25, -0.2) is 4.79 Å². The summed E-state index contributed by atoms with van der Waals surface area (Å²) in [5.41, 5.74) is 4.86. The van der Waals surface area contributed by atoms with Crippen molar-refractivity contribution in [3.63, 3.8) is 0 Å². The van der Waals surface area contributed by atoms with Gasteiger partial charge in [-0.1, -0.05) is 49.7 Å². The summed E-state index contributed by atoms with van der Waals surface area (Å²) >= 11 is 5.90. The largest absolute Gasteiger partial charge is 0.423 e. The van der Waals surface area contributed by atoms with E-state index < -0.39 is 5.97 Å². The molecule has 6 heteroatoms. The van der Waals surface area contributed by atoms with Crippen LogP contribution in [0.2, 0.25) is 5.02 Å². The summed E-state index contributed by atoms with van der Waals surface area (Å²) < 4.78 is 5.52. The average molecular weight is 473 g/mol. The number of esters is 1. The van der Waals surface area contributed by atoms with Crippen LogP contribution in [-0.4, -0.2) is 11.8 Å². The second-order valence-corrected chi connectivity index (χ2v) is 9.98. The standard InChI is InChI=1S/C28H25ClN2O3/c1-28(2)15-23-25(24(32)16-28)26(31-22-6-4-3-5-21(22)30-23)17-9-13-20(14-10-17)34-27(33)18-7-11-19(29)12-8-18/h3-14,26,30-31H,15-16H2,1-2H3/t26-/m0/s1. The number of benzene rings is 3. The molecule has 0 aromatic heterocycles. The predicted molar refractivity (Wildman–Crippen MR) is 134 cm³/mol. The molecule has 1 aliphatic carbocycles. The summed E-state index contributed by atoms with van der Waals surface area (Å²) in [6, 6.07) is 21.5. The molecule has 1 aliphatic heterocycles. The van der Waals surface area contributed by atoms with Crippen LogP contribution in [0.1, 0.15) is 48.7 Å². The summed E-state index contributed by atoms with van der Waals surface area (Å²) in [5, 5.41) is 7.64. The van der Waals surface area contributed by atoms with Gasteiger partial charge in [0.05, 0.1) is 23.0 Å². The van der Waals surface area contributed by atoms with E-state index >= 15 is 0 Å². The van der Waals surface area contributed by atoms with E-state index in [1.807, 2.05) is 36.4 Å². The lowest BCUT2D eigenvalue weighted by molar-refractivity contribution is -0.118. The third-order valence-electron chi connectivity index (χ3n) is 6.23. The maximum Gasteiger partial charge on any atom is 0.343 e. The lowest BCUT2D eigenvalue weighted by Crippen LogP contribution is -2.31. The van der Waals surface area contributed by atoms with Crippen LogP contribution in [0.4, 0.5) is 11.4 Å². The number of Topliss-reactive ketones (excluding diaryl/α,β-unsaturated/α-hetero) is 1. The Morgan fingerprint density at radius 2 is 1.62 bits per heavy atom. The first-order valence-electron chi connectivity index (χ1n) is 11.3. The third kappa shape index (κ3) is 4.44. The molecule has 1 heterocycles. The van der Waals surface area contributed by atoms with E-state index in [0.717, 1.165) is 34.6 Å². The normalized spacial score (nSPS) is 18.7. The highest BCUT2D eigenvalue weighted by Crippen LogP contribution is 2.45. The fourth-order valence-electron chi connectivity index (χ4n) is 4.62. The van der Waals surface area contributed by atoms with E-state index in [-0.39, 0.29) is 17.2 Å². The zero-order valence-electron chi connectivity index (χ0n) is 19.0.